The van der Waals surface area contributed by atoms with E-state index in [2.05, 4.69) is 34.9 Å². The van der Waals surface area contributed by atoms with Crippen LogP contribution in [0.5, 0.6) is 0 Å². The van der Waals surface area contributed by atoms with Crippen molar-refractivity contribution in [2.24, 2.45) is 16.8 Å². The van der Waals surface area contributed by atoms with E-state index in [1.165, 1.54) is 69.7 Å². The Morgan fingerprint density at radius 1 is 1.03 bits per heavy atom. The number of aromatic nitrogens is 3. The summed E-state index contributed by atoms with van der Waals surface area (Å²) in [4.78, 5) is 9.80. The molecule has 3 atom stereocenters. The molecule has 0 amide bonds. The summed E-state index contributed by atoms with van der Waals surface area (Å²) >= 11 is 0. The van der Waals surface area contributed by atoms with E-state index in [4.69, 9.17) is 0 Å². The fraction of sp³-hybridized carbons (Fsp3) is 0.870. The van der Waals surface area contributed by atoms with Crippen molar-refractivity contribution in [2.75, 3.05) is 39.8 Å². The Kier molecular flexibility index (Phi) is 8.11. The summed E-state index contributed by atoms with van der Waals surface area (Å²) in [6.07, 6.45) is 12.9. The predicted octanol–water partition coefficient (Wildman–Crippen LogP) is 2.94. The molecule has 2 saturated carbocycles. The molecule has 1 N–H and O–H groups in total. The van der Waals surface area contributed by atoms with Gasteiger partial charge in [-0.15, -0.1) is 34.2 Å². The first-order valence-electron chi connectivity index (χ1n) is 12.4. The van der Waals surface area contributed by atoms with E-state index in [-0.39, 0.29) is 24.0 Å². The third kappa shape index (κ3) is 5.20. The van der Waals surface area contributed by atoms with Gasteiger partial charge in [0.1, 0.15) is 11.6 Å². The largest absolute Gasteiger partial charge is 0.356 e. The van der Waals surface area contributed by atoms with Gasteiger partial charge in [0, 0.05) is 65.2 Å². The van der Waals surface area contributed by atoms with Crippen molar-refractivity contribution in [3.05, 3.63) is 11.6 Å². The van der Waals surface area contributed by atoms with Gasteiger partial charge in [0.05, 0.1) is 0 Å². The van der Waals surface area contributed by atoms with Crippen molar-refractivity contribution in [3.63, 3.8) is 0 Å². The molecule has 1 aromatic heterocycles. The highest BCUT2D eigenvalue weighted by atomic mass is 127. The number of hydrogen-bond donors (Lipinski definition) is 1. The lowest BCUT2D eigenvalue weighted by Crippen LogP contribution is -2.55. The number of halogens is 1. The van der Waals surface area contributed by atoms with Crippen LogP contribution in [-0.2, 0) is 19.4 Å². The van der Waals surface area contributed by atoms with Crippen LogP contribution >= 0.6 is 24.0 Å². The Labute approximate surface area is 204 Å². The molecule has 3 heterocycles. The van der Waals surface area contributed by atoms with Gasteiger partial charge in [-0.1, -0.05) is 12.8 Å². The standard InChI is InChI=1S/C23H39N7.HI/c1-24-23(25-10-5-7-22-27-26-21-6-3-2-4-11-30(21)22)29-14-12-28(13-15-29)20-17-18-8-9-19(20)16-18;/h18-20H,2-17H2,1H3,(H,24,25);1H. The molecular formula is C23H40IN7. The Hall–Kier alpha value is -0.900. The summed E-state index contributed by atoms with van der Waals surface area (Å²) in [5, 5.41) is 12.5. The van der Waals surface area contributed by atoms with E-state index in [0.717, 1.165) is 69.3 Å². The minimum absolute atomic E-state index is 0. The molecule has 174 valence electrons. The monoisotopic (exact) mass is 541 g/mol. The SMILES string of the molecule is CN=C(NCCCc1nnc2n1CCCCC2)N1CCN(C2CC3CCC2C3)CC1.I. The summed E-state index contributed by atoms with van der Waals surface area (Å²) < 4.78 is 2.37. The summed E-state index contributed by atoms with van der Waals surface area (Å²) in [7, 11) is 1.92. The van der Waals surface area contributed by atoms with Gasteiger partial charge in [-0.05, 0) is 50.4 Å². The van der Waals surface area contributed by atoms with Crippen LogP contribution in [-0.4, -0.2) is 76.3 Å². The Morgan fingerprint density at radius 2 is 1.90 bits per heavy atom. The third-order valence-corrected chi connectivity index (χ3v) is 8.04. The van der Waals surface area contributed by atoms with Gasteiger partial charge in [0.15, 0.2) is 5.96 Å². The molecule has 4 aliphatic rings. The van der Waals surface area contributed by atoms with E-state index in [9.17, 15) is 0 Å². The number of hydrogen-bond acceptors (Lipinski definition) is 4. The van der Waals surface area contributed by atoms with Crippen LogP contribution in [0, 0.1) is 11.8 Å². The topological polar surface area (TPSA) is 61.6 Å². The molecule has 5 rings (SSSR count). The number of guanidine groups is 1. The lowest BCUT2D eigenvalue weighted by atomic mass is 9.93. The number of rotatable bonds is 5. The molecule has 31 heavy (non-hydrogen) atoms. The fourth-order valence-electron chi connectivity index (χ4n) is 6.43. The van der Waals surface area contributed by atoms with Gasteiger partial charge in [0.2, 0.25) is 0 Å². The highest BCUT2D eigenvalue weighted by Gasteiger charge is 2.42. The molecule has 8 heteroatoms. The zero-order valence-electron chi connectivity index (χ0n) is 19.1. The number of fused-ring (bicyclic) bond motifs is 3. The zero-order valence-corrected chi connectivity index (χ0v) is 21.5. The van der Waals surface area contributed by atoms with Gasteiger partial charge in [-0.2, -0.15) is 0 Å². The minimum Gasteiger partial charge on any atom is -0.356 e. The summed E-state index contributed by atoms with van der Waals surface area (Å²) in [5.74, 6) is 5.46. The van der Waals surface area contributed by atoms with Gasteiger partial charge >= 0.3 is 0 Å². The second-order valence-corrected chi connectivity index (χ2v) is 9.84. The smallest absolute Gasteiger partial charge is 0.193 e. The van der Waals surface area contributed by atoms with Gasteiger partial charge in [-0.25, -0.2) is 0 Å². The Morgan fingerprint density at radius 3 is 2.65 bits per heavy atom. The fourth-order valence-corrected chi connectivity index (χ4v) is 6.43. The van der Waals surface area contributed by atoms with E-state index in [1.807, 2.05) is 7.05 Å². The number of nitrogens with zero attached hydrogens (tertiary/aromatic N) is 6. The quantitative estimate of drug-likeness (QED) is 0.269. The zero-order chi connectivity index (χ0) is 20.3. The molecule has 0 aromatic carbocycles. The van der Waals surface area contributed by atoms with Crippen LogP contribution in [0.4, 0.5) is 0 Å². The highest BCUT2D eigenvalue weighted by molar-refractivity contribution is 14.0. The first-order chi connectivity index (χ1) is 14.8. The van der Waals surface area contributed by atoms with Crippen molar-refractivity contribution in [3.8, 4) is 0 Å². The lowest BCUT2D eigenvalue weighted by Gasteiger charge is -2.42. The van der Waals surface area contributed by atoms with Crippen molar-refractivity contribution in [2.45, 2.75) is 76.8 Å². The predicted molar refractivity (Wildman–Crippen MR) is 135 cm³/mol. The van der Waals surface area contributed by atoms with Crippen molar-refractivity contribution in [1.29, 1.82) is 0 Å². The van der Waals surface area contributed by atoms with Crippen molar-refractivity contribution in [1.82, 2.24) is 29.9 Å². The maximum Gasteiger partial charge on any atom is 0.193 e. The van der Waals surface area contributed by atoms with Crippen LogP contribution in [0.15, 0.2) is 4.99 Å². The second-order valence-electron chi connectivity index (χ2n) is 9.84. The van der Waals surface area contributed by atoms with Crippen LogP contribution in [0.1, 0.15) is 63.0 Å². The second kappa shape index (κ2) is 10.8. The molecular weight excluding hydrogens is 501 g/mol. The third-order valence-electron chi connectivity index (χ3n) is 8.04. The number of aliphatic imine (C=N–C) groups is 1. The normalized spacial score (nSPS) is 28.9. The van der Waals surface area contributed by atoms with Crippen LogP contribution in [0.25, 0.3) is 0 Å². The molecule has 1 aromatic rings. The Balaban J connectivity index is 0.00000231. The van der Waals surface area contributed by atoms with E-state index >= 15 is 0 Å². The van der Waals surface area contributed by atoms with Crippen LogP contribution in [0.2, 0.25) is 0 Å². The van der Waals surface area contributed by atoms with Gasteiger partial charge in [-0.3, -0.25) is 9.89 Å². The van der Waals surface area contributed by atoms with Crippen molar-refractivity contribution < 1.29 is 0 Å². The molecule has 2 aliphatic carbocycles. The summed E-state index contributed by atoms with van der Waals surface area (Å²) in [6, 6.07) is 0.874. The molecule has 1 saturated heterocycles. The first-order valence-corrected chi connectivity index (χ1v) is 12.4. The van der Waals surface area contributed by atoms with E-state index in [1.54, 1.807) is 0 Å². The maximum absolute atomic E-state index is 4.57. The molecule has 3 unspecified atom stereocenters. The van der Waals surface area contributed by atoms with Crippen LogP contribution in [0.3, 0.4) is 0 Å². The number of nitrogens with one attached hydrogen (secondary N) is 1. The molecule has 3 fully saturated rings. The molecule has 2 bridgehead atoms. The number of piperazine rings is 1. The Bertz CT molecular complexity index is 740. The maximum atomic E-state index is 4.57. The average Bonchev–Trinajstić information content (AvgIpc) is 3.47. The molecule has 0 radical (unpaired) electrons. The number of aryl methyl sites for hydroxylation is 2. The molecule has 2 aliphatic heterocycles. The van der Waals surface area contributed by atoms with E-state index in [0.29, 0.717) is 0 Å². The first kappa shape index (κ1) is 23.3. The van der Waals surface area contributed by atoms with Gasteiger partial charge in [0.25, 0.3) is 0 Å². The summed E-state index contributed by atoms with van der Waals surface area (Å²) in [5.41, 5.74) is 0. The van der Waals surface area contributed by atoms with Crippen LogP contribution < -0.4 is 5.32 Å². The highest BCUT2D eigenvalue weighted by Crippen LogP contribution is 2.46. The average molecular weight is 542 g/mol. The summed E-state index contributed by atoms with van der Waals surface area (Å²) in [6.45, 7) is 6.64. The molecule has 7 nitrogen and oxygen atoms in total. The lowest BCUT2D eigenvalue weighted by molar-refractivity contribution is 0.0958. The minimum atomic E-state index is 0. The van der Waals surface area contributed by atoms with Crippen molar-refractivity contribution >= 4 is 29.9 Å². The van der Waals surface area contributed by atoms with Gasteiger partial charge < -0.3 is 14.8 Å². The molecule has 0 spiro atoms. The van der Waals surface area contributed by atoms with E-state index < -0.39 is 0 Å².